The molecule has 10 heteroatoms. The molecule has 0 saturated carbocycles. The molecule has 0 aliphatic heterocycles. The lowest BCUT2D eigenvalue weighted by Crippen LogP contribution is -2.56. The van der Waals surface area contributed by atoms with Crippen LogP contribution in [0.4, 0.5) is 26.3 Å². The average Bonchev–Trinajstić information content (AvgIpc) is 2.49. The number of rotatable bonds is 3. The van der Waals surface area contributed by atoms with Crippen LogP contribution in [0.2, 0.25) is 5.02 Å². The Balaban J connectivity index is 2.70. The third-order valence-electron chi connectivity index (χ3n) is 3.32. The molecule has 0 radical (unpaired) electrons. The SMILES string of the molecule is O=C(OC(c1cc(Cl)cc(Br)c1)(C(F)(F)F)C(F)(F)F)c1ccccc1. The summed E-state index contributed by atoms with van der Waals surface area (Å²) >= 11 is 8.40. The van der Waals surface area contributed by atoms with E-state index in [1.807, 2.05) is 0 Å². The van der Waals surface area contributed by atoms with Crippen LogP contribution < -0.4 is 0 Å². The quantitative estimate of drug-likeness (QED) is 0.397. The predicted molar refractivity (Wildman–Crippen MR) is 84.8 cm³/mol. The Kier molecular flexibility index (Phi) is 5.63. The first kappa shape index (κ1) is 20.6. The maximum atomic E-state index is 13.6. The summed E-state index contributed by atoms with van der Waals surface area (Å²) in [5, 5.41) is -0.400. The molecule has 0 aliphatic rings. The van der Waals surface area contributed by atoms with Crippen LogP contribution in [0.25, 0.3) is 0 Å². The average molecular weight is 462 g/mol. The molecule has 0 spiro atoms. The van der Waals surface area contributed by atoms with Crippen LogP contribution in [0.5, 0.6) is 0 Å². The van der Waals surface area contributed by atoms with E-state index >= 15 is 0 Å². The van der Waals surface area contributed by atoms with E-state index in [0.29, 0.717) is 12.1 Å². The summed E-state index contributed by atoms with van der Waals surface area (Å²) in [6.45, 7) is 0. The van der Waals surface area contributed by atoms with Gasteiger partial charge in [-0.05, 0) is 30.3 Å². The predicted octanol–water partition coefficient (Wildman–Crippen LogP) is 6.28. The fourth-order valence-electron chi connectivity index (χ4n) is 2.19. The Morgan fingerprint density at radius 1 is 0.923 bits per heavy atom. The molecule has 0 aliphatic carbocycles. The third-order valence-corrected chi connectivity index (χ3v) is 4.00. The van der Waals surface area contributed by atoms with Crippen LogP contribution >= 0.6 is 27.5 Å². The monoisotopic (exact) mass is 460 g/mol. The van der Waals surface area contributed by atoms with Crippen LogP contribution in [-0.4, -0.2) is 18.3 Å². The highest BCUT2D eigenvalue weighted by Gasteiger charge is 2.75. The molecule has 2 rings (SSSR count). The van der Waals surface area contributed by atoms with Gasteiger partial charge in [0.05, 0.1) is 5.56 Å². The van der Waals surface area contributed by atoms with Gasteiger partial charge in [-0.15, -0.1) is 0 Å². The van der Waals surface area contributed by atoms with Gasteiger partial charge in [-0.25, -0.2) is 4.79 Å². The second-order valence-electron chi connectivity index (χ2n) is 5.09. The number of halogens is 8. The minimum Gasteiger partial charge on any atom is -0.431 e. The summed E-state index contributed by atoms with van der Waals surface area (Å²) in [5.41, 5.74) is -6.73. The molecule has 0 N–H and O–H groups in total. The number of hydrogen-bond acceptors (Lipinski definition) is 2. The molecule has 140 valence electrons. The maximum absolute atomic E-state index is 13.6. The van der Waals surface area contributed by atoms with Crippen molar-refractivity contribution in [3.05, 3.63) is 69.2 Å². The molecule has 2 aromatic rings. The van der Waals surface area contributed by atoms with Gasteiger partial charge in [-0.2, -0.15) is 26.3 Å². The van der Waals surface area contributed by atoms with Gasteiger partial charge >= 0.3 is 23.9 Å². The number of esters is 1. The van der Waals surface area contributed by atoms with Crippen molar-refractivity contribution in [3.8, 4) is 0 Å². The van der Waals surface area contributed by atoms with Crippen molar-refractivity contribution < 1.29 is 35.9 Å². The number of alkyl halides is 6. The number of benzene rings is 2. The van der Waals surface area contributed by atoms with Crippen molar-refractivity contribution in [2.45, 2.75) is 18.0 Å². The molecule has 0 saturated heterocycles. The second kappa shape index (κ2) is 7.11. The van der Waals surface area contributed by atoms with Gasteiger partial charge < -0.3 is 4.74 Å². The first-order valence-electron chi connectivity index (χ1n) is 6.77. The van der Waals surface area contributed by atoms with Gasteiger partial charge in [-0.1, -0.05) is 45.7 Å². The first-order valence-corrected chi connectivity index (χ1v) is 7.94. The molecular formula is C16H8BrClF6O2. The lowest BCUT2D eigenvalue weighted by Gasteiger charge is -2.37. The van der Waals surface area contributed by atoms with Crippen LogP contribution in [0.1, 0.15) is 15.9 Å². The highest BCUT2D eigenvalue weighted by Crippen LogP contribution is 2.54. The summed E-state index contributed by atoms with van der Waals surface area (Å²) in [4.78, 5) is 12.0. The Morgan fingerprint density at radius 2 is 1.46 bits per heavy atom. The molecule has 0 aromatic heterocycles. The van der Waals surface area contributed by atoms with Gasteiger partial charge in [0.15, 0.2) is 0 Å². The molecule has 2 nitrogen and oxygen atoms in total. The Bertz CT molecular complexity index is 770. The van der Waals surface area contributed by atoms with Gasteiger partial charge in [0.1, 0.15) is 0 Å². The van der Waals surface area contributed by atoms with Gasteiger partial charge in [0.25, 0.3) is 0 Å². The fraction of sp³-hybridized carbons (Fsp3) is 0.188. The van der Waals surface area contributed by atoms with Gasteiger partial charge in [0, 0.05) is 15.1 Å². The molecule has 0 bridgehead atoms. The van der Waals surface area contributed by atoms with Crippen molar-refractivity contribution >= 4 is 33.5 Å². The van der Waals surface area contributed by atoms with E-state index < -0.39 is 40.1 Å². The van der Waals surface area contributed by atoms with Crippen LogP contribution in [0.3, 0.4) is 0 Å². The zero-order valence-electron chi connectivity index (χ0n) is 12.5. The lowest BCUT2D eigenvalue weighted by atomic mass is 9.91. The van der Waals surface area contributed by atoms with E-state index in [1.54, 1.807) is 0 Å². The number of hydrogen-bond donors (Lipinski definition) is 0. The summed E-state index contributed by atoms with van der Waals surface area (Å²) in [7, 11) is 0. The standard InChI is InChI=1S/C16H8BrClF6O2/c17-11-6-10(7-12(18)8-11)14(15(19,20)21,16(22,23)24)26-13(25)9-4-2-1-3-5-9/h1-8H. The smallest absolute Gasteiger partial charge is 0.431 e. The van der Waals surface area contributed by atoms with Gasteiger partial charge in [0.2, 0.25) is 0 Å². The first-order chi connectivity index (χ1) is 11.9. The molecule has 0 fully saturated rings. The van der Waals surface area contributed by atoms with Crippen molar-refractivity contribution in [3.63, 3.8) is 0 Å². The Hall–Kier alpha value is -1.74. The topological polar surface area (TPSA) is 26.3 Å². The molecule has 26 heavy (non-hydrogen) atoms. The summed E-state index contributed by atoms with van der Waals surface area (Å²) in [6, 6.07) is 8.15. The fourth-order valence-corrected chi connectivity index (χ4v) is 3.05. The molecule has 2 aromatic carbocycles. The van der Waals surface area contributed by atoms with Crippen molar-refractivity contribution in [1.29, 1.82) is 0 Å². The largest absolute Gasteiger partial charge is 0.442 e. The molecule has 0 unspecified atom stereocenters. The zero-order valence-corrected chi connectivity index (χ0v) is 14.8. The van der Waals surface area contributed by atoms with E-state index in [0.717, 1.165) is 18.2 Å². The summed E-state index contributed by atoms with van der Waals surface area (Å²) in [6.07, 6.45) is -12.0. The van der Waals surface area contributed by atoms with E-state index in [4.69, 9.17) is 11.6 Å². The van der Waals surface area contributed by atoms with Crippen LogP contribution in [0.15, 0.2) is 53.0 Å². The van der Waals surface area contributed by atoms with Crippen molar-refractivity contribution in [2.24, 2.45) is 0 Å². The van der Waals surface area contributed by atoms with E-state index in [2.05, 4.69) is 20.7 Å². The zero-order chi connectivity index (χ0) is 19.8. The Morgan fingerprint density at radius 3 is 1.92 bits per heavy atom. The highest BCUT2D eigenvalue weighted by atomic mass is 79.9. The molecular weight excluding hydrogens is 454 g/mol. The van der Waals surface area contributed by atoms with E-state index in [1.165, 1.54) is 18.2 Å². The minimum absolute atomic E-state index is 0.145. The van der Waals surface area contributed by atoms with Gasteiger partial charge in [-0.3, -0.25) is 0 Å². The number of carbonyl (C=O) groups excluding carboxylic acids is 1. The van der Waals surface area contributed by atoms with E-state index in [9.17, 15) is 31.1 Å². The number of ether oxygens (including phenoxy) is 1. The highest BCUT2D eigenvalue weighted by molar-refractivity contribution is 9.10. The van der Waals surface area contributed by atoms with Crippen molar-refractivity contribution in [2.75, 3.05) is 0 Å². The van der Waals surface area contributed by atoms with Crippen LogP contribution in [-0.2, 0) is 10.3 Å². The van der Waals surface area contributed by atoms with Crippen LogP contribution in [0, 0.1) is 0 Å². The third kappa shape index (κ3) is 3.83. The molecule has 0 amide bonds. The lowest BCUT2D eigenvalue weighted by molar-refractivity contribution is -0.373. The summed E-state index contributed by atoms with van der Waals surface area (Å²) < 4.78 is 85.8. The second-order valence-corrected chi connectivity index (χ2v) is 6.44. The number of carbonyl (C=O) groups is 1. The molecule has 0 heterocycles. The Labute approximate surface area is 156 Å². The minimum atomic E-state index is -6.00. The van der Waals surface area contributed by atoms with Crippen molar-refractivity contribution in [1.82, 2.24) is 0 Å². The normalized spacial score (nSPS) is 12.8. The van der Waals surface area contributed by atoms with E-state index in [-0.39, 0.29) is 4.47 Å². The maximum Gasteiger partial charge on any atom is 0.442 e. The molecule has 0 atom stereocenters. The summed E-state index contributed by atoms with van der Waals surface area (Å²) in [5.74, 6) is -1.78.